The zero-order valence-electron chi connectivity index (χ0n) is 11.7. The second-order valence-corrected chi connectivity index (χ2v) is 5.22. The van der Waals surface area contributed by atoms with Gasteiger partial charge in [0.2, 0.25) is 0 Å². The van der Waals surface area contributed by atoms with Gasteiger partial charge in [0.1, 0.15) is 0 Å². The van der Waals surface area contributed by atoms with E-state index < -0.39 is 0 Å². The highest BCUT2D eigenvalue weighted by Crippen LogP contribution is 2.19. The fourth-order valence-electron chi connectivity index (χ4n) is 2.41. The maximum atomic E-state index is 5.80. The van der Waals surface area contributed by atoms with Gasteiger partial charge in [-0.05, 0) is 38.2 Å². The van der Waals surface area contributed by atoms with Gasteiger partial charge in [-0.3, -0.25) is 0 Å². The van der Waals surface area contributed by atoms with Gasteiger partial charge in [-0.2, -0.15) is 0 Å². The minimum absolute atomic E-state index is 0.319. The summed E-state index contributed by atoms with van der Waals surface area (Å²) in [7, 11) is 4.19. The second kappa shape index (κ2) is 6.21. The lowest BCUT2D eigenvalue weighted by Gasteiger charge is -2.35. The fourth-order valence-corrected chi connectivity index (χ4v) is 2.41. The number of ether oxygens (including phenoxy) is 1. The number of benzene rings is 1. The number of nitrogens with zero attached hydrogens (tertiary/aromatic N) is 2. The smallest absolute Gasteiger partial charge is 0.0877 e. The van der Waals surface area contributed by atoms with Crippen molar-refractivity contribution in [2.45, 2.75) is 19.4 Å². The molecule has 1 fully saturated rings. The monoisotopic (exact) mass is 248 g/mol. The van der Waals surface area contributed by atoms with Crippen LogP contribution < -0.4 is 4.90 Å². The molecule has 0 aliphatic carbocycles. The van der Waals surface area contributed by atoms with E-state index in [4.69, 9.17) is 4.74 Å². The summed E-state index contributed by atoms with van der Waals surface area (Å²) in [5.74, 6) is 0. The van der Waals surface area contributed by atoms with Crippen LogP contribution in [0.15, 0.2) is 24.3 Å². The van der Waals surface area contributed by atoms with E-state index in [0.717, 1.165) is 32.7 Å². The Hall–Kier alpha value is -1.06. The van der Waals surface area contributed by atoms with Gasteiger partial charge in [0.05, 0.1) is 12.7 Å². The molecule has 0 N–H and O–H groups in total. The molecule has 1 aliphatic rings. The maximum Gasteiger partial charge on any atom is 0.0877 e. The number of likely N-dealkylation sites (N-methyl/N-ethyl adjacent to an activating group) is 1. The lowest BCUT2D eigenvalue weighted by molar-refractivity contribution is 0.0248. The molecule has 0 amide bonds. The van der Waals surface area contributed by atoms with Crippen LogP contribution >= 0.6 is 0 Å². The first kappa shape index (κ1) is 13.4. The third-order valence-corrected chi connectivity index (χ3v) is 3.42. The summed E-state index contributed by atoms with van der Waals surface area (Å²) in [6, 6.07) is 8.92. The molecule has 1 aliphatic heterocycles. The van der Waals surface area contributed by atoms with Gasteiger partial charge in [0, 0.05) is 25.3 Å². The van der Waals surface area contributed by atoms with E-state index in [1.54, 1.807) is 0 Å². The summed E-state index contributed by atoms with van der Waals surface area (Å²) in [6.45, 7) is 5.99. The van der Waals surface area contributed by atoms with Crippen LogP contribution in [-0.4, -0.2) is 51.3 Å². The van der Waals surface area contributed by atoms with Crippen LogP contribution in [0.5, 0.6) is 0 Å². The van der Waals surface area contributed by atoms with Crippen molar-refractivity contribution < 1.29 is 4.74 Å². The zero-order chi connectivity index (χ0) is 13.0. The lowest BCUT2D eigenvalue weighted by Crippen LogP contribution is -2.46. The van der Waals surface area contributed by atoms with Crippen molar-refractivity contribution in [1.82, 2.24) is 4.90 Å². The Balaban J connectivity index is 1.98. The van der Waals surface area contributed by atoms with Crippen molar-refractivity contribution in [2.24, 2.45) is 0 Å². The minimum Gasteiger partial charge on any atom is -0.373 e. The molecule has 1 aromatic rings. The Morgan fingerprint density at radius 1 is 1.28 bits per heavy atom. The Morgan fingerprint density at radius 3 is 2.61 bits per heavy atom. The van der Waals surface area contributed by atoms with Crippen molar-refractivity contribution in [3.8, 4) is 0 Å². The molecule has 3 heteroatoms. The van der Waals surface area contributed by atoms with Gasteiger partial charge in [0.15, 0.2) is 0 Å². The van der Waals surface area contributed by atoms with Crippen LogP contribution in [0.1, 0.15) is 12.5 Å². The Morgan fingerprint density at radius 2 is 2.00 bits per heavy atom. The van der Waals surface area contributed by atoms with Crippen molar-refractivity contribution >= 4 is 5.69 Å². The highest BCUT2D eigenvalue weighted by Gasteiger charge is 2.20. The third-order valence-electron chi connectivity index (χ3n) is 3.42. The van der Waals surface area contributed by atoms with Gasteiger partial charge in [-0.15, -0.1) is 0 Å². The summed E-state index contributed by atoms with van der Waals surface area (Å²) in [5, 5.41) is 0. The number of aryl methyl sites for hydroxylation is 1. The molecule has 100 valence electrons. The van der Waals surface area contributed by atoms with Crippen molar-refractivity contribution in [3.05, 3.63) is 29.8 Å². The molecule has 0 aromatic heterocycles. The molecular formula is C15H24N2O. The van der Waals surface area contributed by atoms with Crippen LogP contribution in [0.3, 0.4) is 0 Å². The average Bonchev–Trinajstić information content (AvgIpc) is 2.38. The first-order valence-corrected chi connectivity index (χ1v) is 6.79. The first-order chi connectivity index (χ1) is 8.69. The summed E-state index contributed by atoms with van der Waals surface area (Å²) in [6.07, 6.45) is 1.42. The van der Waals surface area contributed by atoms with Crippen LogP contribution in [0.4, 0.5) is 5.69 Å². The fraction of sp³-hybridized carbons (Fsp3) is 0.600. The molecule has 18 heavy (non-hydrogen) atoms. The third kappa shape index (κ3) is 3.47. The topological polar surface area (TPSA) is 15.7 Å². The van der Waals surface area contributed by atoms with E-state index in [1.165, 1.54) is 11.3 Å². The predicted molar refractivity (Wildman–Crippen MR) is 76.3 cm³/mol. The standard InChI is InChI=1S/C15H24N2O/c1-4-13-5-7-14(8-6-13)17-9-10-18-15(12-17)11-16(2)3/h5-8,15H,4,9-12H2,1-3H3/t15-/m0/s1. The van der Waals surface area contributed by atoms with E-state index in [-0.39, 0.29) is 0 Å². The Kier molecular flexibility index (Phi) is 4.61. The second-order valence-electron chi connectivity index (χ2n) is 5.22. The van der Waals surface area contributed by atoms with Crippen LogP contribution in [0.2, 0.25) is 0 Å². The van der Waals surface area contributed by atoms with Crippen molar-refractivity contribution in [3.63, 3.8) is 0 Å². The minimum atomic E-state index is 0.319. The van der Waals surface area contributed by atoms with Crippen molar-refractivity contribution in [2.75, 3.05) is 45.2 Å². The number of hydrogen-bond donors (Lipinski definition) is 0. The molecule has 1 aromatic carbocycles. The van der Waals surface area contributed by atoms with Crippen molar-refractivity contribution in [1.29, 1.82) is 0 Å². The number of hydrogen-bond acceptors (Lipinski definition) is 3. The van der Waals surface area contributed by atoms with Gasteiger partial charge in [-0.1, -0.05) is 19.1 Å². The molecular weight excluding hydrogens is 224 g/mol. The normalized spacial score (nSPS) is 20.4. The molecule has 0 bridgehead atoms. The molecule has 1 saturated heterocycles. The molecule has 3 nitrogen and oxygen atoms in total. The summed E-state index contributed by atoms with van der Waals surface area (Å²) < 4.78 is 5.80. The zero-order valence-corrected chi connectivity index (χ0v) is 11.7. The molecule has 0 radical (unpaired) electrons. The van der Waals surface area contributed by atoms with Crippen LogP contribution in [0, 0.1) is 0 Å². The van der Waals surface area contributed by atoms with Gasteiger partial charge >= 0.3 is 0 Å². The van der Waals surface area contributed by atoms with E-state index in [2.05, 4.69) is 55.1 Å². The van der Waals surface area contributed by atoms with Gasteiger partial charge < -0.3 is 14.5 Å². The summed E-state index contributed by atoms with van der Waals surface area (Å²) in [4.78, 5) is 4.62. The molecule has 1 atom stereocenters. The molecule has 1 heterocycles. The Bertz CT molecular complexity index is 361. The van der Waals surface area contributed by atoms with Crippen LogP contribution in [0.25, 0.3) is 0 Å². The van der Waals surface area contributed by atoms with E-state index in [1.807, 2.05) is 0 Å². The Labute approximate surface area is 110 Å². The van der Waals surface area contributed by atoms with E-state index in [0.29, 0.717) is 6.10 Å². The first-order valence-electron chi connectivity index (χ1n) is 6.79. The molecule has 0 spiro atoms. The predicted octanol–water partition coefficient (Wildman–Crippen LogP) is 2.02. The summed E-state index contributed by atoms with van der Waals surface area (Å²) in [5.41, 5.74) is 2.72. The number of anilines is 1. The van der Waals surface area contributed by atoms with Gasteiger partial charge in [-0.25, -0.2) is 0 Å². The number of morpholine rings is 1. The SMILES string of the molecule is CCc1ccc(N2CCO[C@@H](CN(C)C)C2)cc1. The highest BCUT2D eigenvalue weighted by atomic mass is 16.5. The highest BCUT2D eigenvalue weighted by molar-refractivity contribution is 5.48. The molecule has 0 unspecified atom stereocenters. The van der Waals surface area contributed by atoms with E-state index in [9.17, 15) is 0 Å². The maximum absolute atomic E-state index is 5.80. The molecule has 2 rings (SSSR count). The summed E-state index contributed by atoms with van der Waals surface area (Å²) >= 11 is 0. The largest absolute Gasteiger partial charge is 0.373 e. The van der Waals surface area contributed by atoms with Crippen LogP contribution in [-0.2, 0) is 11.2 Å². The van der Waals surface area contributed by atoms with E-state index >= 15 is 0 Å². The quantitative estimate of drug-likeness (QED) is 0.811. The average molecular weight is 248 g/mol. The number of rotatable bonds is 4. The van der Waals surface area contributed by atoms with Gasteiger partial charge in [0.25, 0.3) is 0 Å². The molecule has 0 saturated carbocycles. The lowest BCUT2D eigenvalue weighted by atomic mass is 10.1.